The zero-order chi connectivity index (χ0) is 28.5. The molecule has 3 N–H and O–H groups in total. The van der Waals surface area contributed by atoms with Gasteiger partial charge in [0.1, 0.15) is 5.75 Å². The monoisotopic (exact) mass is 538 g/mol. The van der Waals surface area contributed by atoms with Gasteiger partial charge in [0, 0.05) is 24.2 Å². The fourth-order valence-electron chi connectivity index (χ4n) is 3.88. The maximum atomic E-state index is 14.0. The van der Waals surface area contributed by atoms with Crippen molar-refractivity contribution in [2.45, 2.75) is 13.1 Å². The number of rotatable bonds is 6. The Morgan fingerprint density at radius 1 is 1.05 bits per heavy atom. The number of carboxylic acid groups (broad SMARTS) is 1. The largest absolute Gasteiger partial charge is 0.496 e. The van der Waals surface area contributed by atoms with Crippen LogP contribution in [0.25, 0.3) is 22.1 Å². The molecule has 0 spiro atoms. The molecule has 4 aromatic rings. The van der Waals surface area contributed by atoms with Crippen LogP contribution in [-0.2, 0) is 11.0 Å². The van der Waals surface area contributed by atoms with Crippen LogP contribution < -0.4 is 15.4 Å². The number of carbonyl (C=O) groups is 3. The van der Waals surface area contributed by atoms with Gasteiger partial charge in [0.05, 0.1) is 40.9 Å². The average molecular weight is 538 g/mol. The van der Waals surface area contributed by atoms with Gasteiger partial charge in [-0.05, 0) is 42.0 Å². The Labute approximate surface area is 217 Å². The van der Waals surface area contributed by atoms with E-state index in [1.807, 2.05) is 0 Å². The van der Waals surface area contributed by atoms with Gasteiger partial charge in [-0.25, -0.2) is 4.79 Å². The Balaban J connectivity index is 1.83. The number of halogens is 3. The summed E-state index contributed by atoms with van der Waals surface area (Å²) in [5, 5.41) is 26.9. The highest BCUT2D eigenvalue weighted by molar-refractivity contribution is 6.13. The minimum atomic E-state index is -4.82. The number of nitrogens with zero attached hydrogens (tertiary/aromatic N) is 2. The fourth-order valence-corrected chi connectivity index (χ4v) is 3.88. The number of hydrogen-bond donors (Lipinski definition) is 3. The van der Waals surface area contributed by atoms with E-state index in [2.05, 4.69) is 15.8 Å². The van der Waals surface area contributed by atoms with Gasteiger partial charge in [-0.1, -0.05) is 11.2 Å². The predicted octanol–water partition coefficient (Wildman–Crippen LogP) is 5.30. The predicted molar refractivity (Wildman–Crippen MR) is 131 cm³/mol. The molecule has 0 aliphatic carbocycles. The number of anilines is 2. The maximum Gasteiger partial charge on any atom is 0.417 e. The molecular weight excluding hydrogens is 521 g/mol. The highest BCUT2D eigenvalue weighted by atomic mass is 19.4. The highest BCUT2D eigenvalue weighted by Gasteiger charge is 2.35. The summed E-state index contributed by atoms with van der Waals surface area (Å²) in [7, 11) is 1.24. The zero-order valence-electron chi connectivity index (χ0n) is 20.1. The molecule has 4 rings (SSSR count). The lowest BCUT2D eigenvalue weighted by Gasteiger charge is -2.17. The lowest BCUT2D eigenvalue weighted by molar-refractivity contribution is -0.137. The summed E-state index contributed by atoms with van der Waals surface area (Å²) in [6.07, 6.45) is -4.82. The molecular formula is C26H17F3N4O6. The summed E-state index contributed by atoms with van der Waals surface area (Å²) >= 11 is 0. The van der Waals surface area contributed by atoms with E-state index < -0.39 is 29.5 Å². The van der Waals surface area contributed by atoms with Gasteiger partial charge >= 0.3 is 12.1 Å². The van der Waals surface area contributed by atoms with Gasteiger partial charge in [0.15, 0.2) is 11.3 Å². The number of carbonyl (C=O) groups excluding carboxylic acids is 2. The van der Waals surface area contributed by atoms with Gasteiger partial charge in [0.25, 0.3) is 5.91 Å². The van der Waals surface area contributed by atoms with E-state index in [1.54, 1.807) is 6.07 Å². The third-order valence-corrected chi connectivity index (χ3v) is 5.57. The van der Waals surface area contributed by atoms with E-state index in [4.69, 9.17) is 14.5 Å². The summed E-state index contributed by atoms with van der Waals surface area (Å²) in [5.74, 6) is -2.87. The van der Waals surface area contributed by atoms with E-state index in [0.29, 0.717) is 0 Å². The van der Waals surface area contributed by atoms with Crippen LogP contribution in [0.4, 0.5) is 24.5 Å². The molecule has 0 aliphatic heterocycles. The third kappa shape index (κ3) is 5.35. The molecule has 13 heteroatoms. The number of nitrogens with one attached hydrogen (secondary N) is 2. The van der Waals surface area contributed by atoms with E-state index in [1.165, 1.54) is 37.4 Å². The number of carboxylic acids is 1. The quantitative estimate of drug-likeness (QED) is 0.299. The lowest BCUT2D eigenvalue weighted by Crippen LogP contribution is -2.15. The summed E-state index contributed by atoms with van der Waals surface area (Å²) in [6.45, 7) is 1.16. The first-order valence-electron chi connectivity index (χ1n) is 11.0. The molecule has 0 bridgehead atoms. The molecule has 3 aromatic carbocycles. The SMILES string of the molecule is COc1cc2onc(C(=O)Nc3ccc(C#N)cc3C(=O)O)c2cc1-c1ccc(NC(C)=O)cc1C(F)(F)F. The van der Waals surface area contributed by atoms with Crippen LogP contribution in [-0.4, -0.2) is 35.2 Å². The minimum absolute atomic E-state index is 0.0105. The fraction of sp³-hybridized carbons (Fsp3) is 0.115. The van der Waals surface area contributed by atoms with E-state index in [0.717, 1.165) is 25.1 Å². The van der Waals surface area contributed by atoms with Crippen molar-refractivity contribution in [3.05, 3.63) is 70.9 Å². The van der Waals surface area contributed by atoms with Crippen LogP contribution in [0.1, 0.15) is 38.9 Å². The molecule has 1 aromatic heterocycles. The highest BCUT2D eigenvalue weighted by Crippen LogP contribution is 2.43. The lowest BCUT2D eigenvalue weighted by atomic mass is 9.96. The second-order valence-corrected chi connectivity index (χ2v) is 8.15. The first-order valence-corrected chi connectivity index (χ1v) is 11.0. The van der Waals surface area contributed by atoms with Crippen LogP contribution >= 0.6 is 0 Å². The molecule has 0 unspecified atom stereocenters. The van der Waals surface area contributed by atoms with E-state index in [9.17, 15) is 32.7 Å². The van der Waals surface area contributed by atoms with Crippen molar-refractivity contribution in [3.63, 3.8) is 0 Å². The molecule has 1 heterocycles. The van der Waals surface area contributed by atoms with Gasteiger partial charge in [-0.2, -0.15) is 18.4 Å². The van der Waals surface area contributed by atoms with Crippen molar-refractivity contribution in [2.24, 2.45) is 0 Å². The number of alkyl halides is 3. The first kappa shape index (κ1) is 26.7. The van der Waals surface area contributed by atoms with Crippen molar-refractivity contribution in [3.8, 4) is 22.9 Å². The van der Waals surface area contributed by atoms with Crippen LogP contribution in [0.5, 0.6) is 5.75 Å². The van der Waals surface area contributed by atoms with E-state index >= 15 is 0 Å². The Kier molecular flexibility index (Phi) is 6.96. The average Bonchev–Trinajstić information content (AvgIpc) is 3.30. The smallest absolute Gasteiger partial charge is 0.417 e. The summed E-state index contributed by atoms with van der Waals surface area (Å²) in [4.78, 5) is 36.0. The summed E-state index contributed by atoms with van der Waals surface area (Å²) in [5.41, 5.74) is -2.25. The van der Waals surface area contributed by atoms with Gasteiger partial charge in [-0.3, -0.25) is 9.59 Å². The zero-order valence-corrected chi connectivity index (χ0v) is 20.1. The second-order valence-electron chi connectivity index (χ2n) is 8.15. The molecule has 10 nitrogen and oxygen atoms in total. The topological polar surface area (TPSA) is 155 Å². The van der Waals surface area contributed by atoms with Crippen LogP contribution in [0.3, 0.4) is 0 Å². The maximum absolute atomic E-state index is 14.0. The molecule has 2 amide bonds. The molecule has 0 aliphatic rings. The minimum Gasteiger partial charge on any atom is -0.496 e. The number of benzene rings is 3. The van der Waals surface area contributed by atoms with E-state index in [-0.39, 0.29) is 56.0 Å². The van der Waals surface area contributed by atoms with Gasteiger partial charge in [-0.15, -0.1) is 0 Å². The molecule has 0 saturated heterocycles. The Hall–Kier alpha value is -5.38. The normalized spacial score (nSPS) is 11.1. The van der Waals surface area contributed by atoms with Crippen LogP contribution in [0.15, 0.2) is 53.1 Å². The van der Waals surface area contributed by atoms with Gasteiger partial charge < -0.3 is 25.0 Å². The number of aromatic nitrogens is 1. The summed E-state index contributed by atoms with van der Waals surface area (Å²) < 4.78 is 52.6. The number of fused-ring (bicyclic) bond motifs is 1. The van der Waals surface area contributed by atoms with Crippen molar-refractivity contribution < 1.29 is 41.9 Å². The van der Waals surface area contributed by atoms with Crippen molar-refractivity contribution >= 4 is 40.1 Å². The Morgan fingerprint density at radius 3 is 2.41 bits per heavy atom. The number of hydrogen-bond acceptors (Lipinski definition) is 7. The third-order valence-electron chi connectivity index (χ3n) is 5.57. The first-order chi connectivity index (χ1) is 18.4. The summed E-state index contributed by atoms with van der Waals surface area (Å²) in [6, 6.07) is 11.1. The standard InChI is InChI=1S/C26H17F3N4O6/c1-12(34)31-14-4-5-15(19(8-14)26(27,28)29)16-9-18-22(10-21(16)38-2)39-33-23(18)24(35)32-20-6-3-13(11-30)7-17(20)25(36)37/h3-10H,1-2H3,(H,31,34)(H,32,35)(H,36,37). The van der Waals surface area contributed by atoms with Crippen molar-refractivity contribution in [2.75, 3.05) is 17.7 Å². The number of ether oxygens (including phenoxy) is 1. The molecule has 0 atom stereocenters. The molecule has 198 valence electrons. The number of methoxy groups -OCH3 is 1. The molecule has 0 fully saturated rings. The van der Waals surface area contributed by atoms with Crippen LogP contribution in [0.2, 0.25) is 0 Å². The van der Waals surface area contributed by atoms with Crippen molar-refractivity contribution in [1.82, 2.24) is 5.16 Å². The Morgan fingerprint density at radius 2 is 1.79 bits per heavy atom. The molecule has 0 radical (unpaired) electrons. The Bertz CT molecular complexity index is 1690. The number of amides is 2. The number of aromatic carboxylic acids is 1. The van der Waals surface area contributed by atoms with Crippen LogP contribution in [0, 0.1) is 11.3 Å². The molecule has 0 saturated carbocycles. The molecule has 39 heavy (non-hydrogen) atoms. The van der Waals surface area contributed by atoms with Crippen molar-refractivity contribution in [1.29, 1.82) is 5.26 Å². The van der Waals surface area contributed by atoms with Gasteiger partial charge in [0.2, 0.25) is 5.91 Å². The second kappa shape index (κ2) is 10.2. The number of nitriles is 1.